The first-order valence-electron chi connectivity index (χ1n) is 12.6. The highest BCUT2D eigenvalue weighted by Crippen LogP contribution is 2.23. The molecule has 0 aliphatic carbocycles. The molecule has 0 bridgehead atoms. The summed E-state index contributed by atoms with van der Waals surface area (Å²) in [6, 6.07) is 33.6. The number of rotatable bonds is 6. The Morgan fingerprint density at radius 3 is 1.07 bits per heavy atom. The van der Waals surface area contributed by atoms with E-state index in [0.717, 1.165) is 33.6 Å². The van der Waals surface area contributed by atoms with Gasteiger partial charge in [-0.25, -0.2) is 0 Å². The second kappa shape index (κ2) is 13.9. The lowest BCUT2D eigenvalue weighted by molar-refractivity contribution is 0.474. The fraction of sp³-hybridized carbons (Fsp3) is 0.118. The van der Waals surface area contributed by atoms with Crippen LogP contribution in [0.25, 0.3) is 23.3 Å². The van der Waals surface area contributed by atoms with Crippen molar-refractivity contribution in [1.29, 1.82) is 10.5 Å². The zero-order valence-corrected chi connectivity index (χ0v) is 23.1. The van der Waals surface area contributed by atoms with Gasteiger partial charge in [-0.1, -0.05) is 24.3 Å². The number of nitriles is 2. The number of nitrogens with zero attached hydrogens (tertiary/aromatic N) is 4. The number of anilines is 2. The molecule has 4 rings (SSSR count). The molecule has 0 saturated heterocycles. The van der Waals surface area contributed by atoms with Crippen LogP contribution < -0.4 is 9.80 Å². The minimum atomic E-state index is 0.196. The first-order chi connectivity index (χ1) is 19.2. The highest BCUT2D eigenvalue weighted by Gasteiger charge is 2.03. The highest BCUT2D eigenvalue weighted by atomic mass is 16.3. The Balaban J connectivity index is 0.000000220. The summed E-state index contributed by atoms with van der Waals surface area (Å²) < 4.78 is 0. The standard InChI is InChI=1S/2C17H16N2O/c2*1-19(2)16-7-3-13(4-8-16)11-15(12-18)14-5-9-17(20)10-6-14/h2*3-11,20H,1-2H3/b2*15-11+. The Morgan fingerprint density at radius 1 is 0.525 bits per heavy atom. The van der Waals surface area contributed by atoms with E-state index in [1.54, 1.807) is 48.5 Å². The van der Waals surface area contributed by atoms with Gasteiger partial charge in [0.2, 0.25) is 0 Å². The fourth-order valence-corrected chi connectivity index (χ4v) is 3.71. The molecule has 4 aromatic rings. The SMILES string of the molecule is CN(C)c1ccc(/C=C(\C#N)c2ccc(O)cc2)cc1.CN(C)c1ccc(/C=C(\C#N)c2ccc(O)cc2)cc1. The van der Waals surface area contributed by atoms with Gasteiger partial charge in [0.1, 0.15) is 11.5 Å². The van der Waals surface area contributed by atoms with Crippen molar-refractivity contribution < 1.29 is 10.2 Å². The van der Waals surface area contributed by atoms with Gasteiger partial charge in [0.25, 0.3) is 0 Å². The number of phenols is 2. The smallest absolute Gasteiger partial charge is 0.115 e. The molecule has 200 valence electrons. The molecule has 0 radical (unpaired) electrons. The zero-order chi connectivity index (χ0) is 29.1. The molecule has 40 heavy (non-hydrogen) atoms. The summed E-state index contributed by atoms with van der Waals surface area (Å²) in [7, 11) is 7.95. The van der Waals surface area contributed by atoms with Crippen LogP contribution in [-0.2, 0) is 0 Å². The molecule has 0 atom stereocenters. The molecule has 0 fully saturated rings. The van der Waals surface area contributed by atoms with Crippen molar-refractivity contribution in [3.8, 4) is 23.6 Å². The summed E-state index contributed by atoms with van der Waals surface area (Å²) >= 11 is 0. The van der Waals surface area contributed by atoms with E-state index < -0.39 is 0 Å². The van der Waals surface area contributed by atoms with E-state index in [1.807, 2.05) is 98.7 Å². The van der Waals surface area contributed by atoms with Crippen LogP contribution in [0.3, 0.4) is 0 Å². The Labute approximate surface area is 236 Å². The Morgan fingerprint density at radius 2 is 0.825 bits per heavy atom. The van der Waals surface area contributed by atoms with E-state index >= 15 is 0 Å². The summed E-state index contributed by atoms with van der Waals surface area (Å²) in [4.78, 5) is 4.05. The van der Waals surface area contributed by atoms with Crippen LogP contribution in [-0.4, -0.2) is 38.4 Å². The first-order valence-corrected chi connectivity index (χ1v) is 12.6. The maximum absolute atomic E-state index is 9.28. The van der Waals surface area contributed by atoms with E-state index in [9.17, 15) is 20.7 Å². The Hall–Kier alpha value is -5.46. The summed E-state index contributed by atoms with van der Waals surface area (Å²) in [5.74, 6) is 0.391. The molecule has 6 nitrogen and oxygen atoms in total. The van der Waals surface area contributed by atoms with Crippen molar-refractivity contribution in [1.82, 2.24) is 0 Å². The van der Waals surface area contributed by atoms with Crippen molar-refractivity contribution in [3.63, 3.8) is 0 Å². The van der Waals surface area contributed by atoms with Crippen LogP contribution in [0.15, 0.2) is 97.1 Å². The minimum absolute atomic E-state index is 0.196. The lowest BCUT2D eigenvalue weighted by Gasteiger charge is -2.11. The van der Waals surface area contributed by atoms with E-state index in [1.165, 1.54) is 0 Å². The van der Waals surface area contributed by atoms with Gasteiger partial charge in [-0.15, -0.1) is 0 Å². The molecule has 0 amide bonds. The molecule has 2 N–H and O–H groups in total. The predicted octanol–water partition coefficient (Wildman–Crippen LogP) is 7.04. The minimum Gasteiger partial charge on any atom is -0.508 e. The van der Waals surface area contributed by atoms with Gasteiger partial charge in [0, 0.05) is 39.6 Å². The monoisotopic (exact) mass is 528 g/mol. The van der Waals surface area contributed by atoms with Crippen LogP contribution in [0.1, 0.15) is 22.3 Å². The summed E-state index contributed by atoms with van der Waals surface area (Å²) in [6.45, 7) is 0. The lowest BCUT2D eigenvalue weighted by atomic mass is 10.0. The second-order valence-corrected chi connectivity index (χ2v) is 9.41. The normalized spacial score (nSPS) is 10.9. The van der Waals surface area contributed by atoms with Gasteiger partial charge < -0.3 is 20.0 Å². The average molecular weight is 529 g/mol. The molecule has 0 aliphatic heterocycles. The van der Waals surface area contributed by atoms with Gasteiger partial charge in [-0.05, 0) is 107 Å². The molecule has 0 saturated carbocycles. The third-order valence-electron chi connectivity index (χ3n) is 6.04. The number of aromatic hydroxyl groups is 2. The fourth-order valence-electron chi connectivity index (χ4n) is 3.71. The van der Waals surface area contributed by atoms with Crippen molar-refractivity contribution in [2.75, 3.05) is 38.0 Å². The number of benzene rings is 4. The first kappa shape index (κ1) is 29.1. The average Bonchev–Trinajstić information content (AvgIpc) is 2.96. The lowest BCUT2D eigenvalue weighted by Crippen LogP contribution is -2.07. The van der Waals surface area contributed by atoms with Crippen molar-refractivity contribution >= 4 is 34.7 Å². The number of phenolic OH excluding ortho intramolecular Hbond substituents is 2. The van der Waals surface area contributed by atoms with Crippen molar-refractivity contribution in [3.05, 3.63) is 119 Å². The van der Waals surface area contributed by atoms with Gasteiger partial charge in [-0.3, -0.25) is 0 Å². The van der Waals surface area contributed by atoms with Crippen LogP contribution in [0.2, 0.25) is 0 Å². The number of hydrogen-bond donors (Lipinski definition) is 2. The summed E-state index contributed by atoms with van der Waals surface area (Å²) in [5, 5.41) is 37.1. The second-order valence-electron chi connectivity index (χ2n) is 9.41. The van der Waals surface area contributed by atoms with E-state index in [0.29, 0.717) is 11.1 Å². The van der Waals surface area contributed by atoms with Crippen molar-refractivity contribution in [2.24, 2.45) is 0 Å². The largest absolute Gasteiger partial charge is 0.508 e. The molecular formula is C34H32N4O2. The molecule has 0 unspecified atom stereocenters. The third kappa shape index (κ3) is 8.28. The predicted molar refractivity (Wildman–Crippen MR) is 165 cm³/mol. The molecule has 6 heteroatoms. The van der Waals surface area contributed by atoms with Crippen molar-refractivity contribution in [2.45, 2.75) is 0 Å². The molecular weight excluding hydrogens is 496 g/mol. The van der Waals surface area contributed by atoms with E-state index in [4.69, 9.17) is 0 Å². The maximum atomic E-state index is 9.28. The Bertz CT molecular complexity index is 1410. The van der Waals surface area contributed by atoms with Crippen LogP contribution >= 0.6 is 0 Å². The number of hydrogen-bond acceptors (Lipinski definition) is 6. The van der Waals surface area contributed by atoms with E-state index in [2.05, 4.69) is 12.1 Å². The number of allylic oxidation sites excluding steroid dienone is 2. The summed E-state index contributed by atoms with van der Waals surface area (Å²) in [5.41, 5.74) is 6.91. The molecule has 0 heterocycles. The maximum Gasteiger partial charge on any atom is 0.115 e. The van der Waals surface area contributed by atoms with Gasteiger partial charge in [-0.2, -0.15) is 10.5 Å². The van der Waals surface area contributed by atoms with Gasteiger partial charge in [0.05, 0.1) is 23.3 Å². The molecule has 0 aromatic heterocycles. The topological polar surface area (TPSA) is 94.5 Å². The Kier molecular flexibility index (Phi) is 10.1. The molecule has 4 aromatic carbocycles. The molecule has 0 aliphatic rings. The zero-order valence-electron chi connectivity index (χ0n) is 23.1. The van der Waals surface area contributed by atoms with Crippen LogP contribution in [0, 0.1) is 22.7 Å². The quantitative estimate of drug-likeness (QED) is 0.206. The van der Waals surface area contributed by atoms with Crippen LogP contribution in [0.4, 0.5) is 11.4 Å². The highest BCUT2D eigenvalue weighted by molar-refractivity contribution is 5.90. The van der Waals surface area contributed by atoms with Gasteiger partial charge in [0.15, 0.2) is 0 Å². The third-order valence-corrected chi connectivity index (χ3v) is 6.04. The van der Waals surface area contributed by atoms with Crippen LogP contribution in [0.5, 0.6) is 11.5 Å². The van der Waals surface area contributed by atoms with Gasteiger partial charge >= 0.3 is 0 Å². The molecule has 0 spiro atoms. The van der Waals surface area contributed by atoms with E-state index in [-0.39, 0.29) is 11.5 Å². The summed E-state index contributed by atoms with van der Waals surface area (Å²) in [6.07, 6.45) is 3.68.